The van der Waals surface area contributed by atoms with Crippen LogP contribution in [0.2, 0.25) is 0 Å². The van der Waals surface area contributed by atoms with Gasteiger partial charge >= 0.3 is 6.09 Å². The highest BCUT2D eigenvalue weighted by Gasteiger charge is 2.26. The number of para-hydroxylation sites is 1. The summed E-state index contributed by atoms with van der Waals surface area (Å²) in [5.41, 5.74) is 1.28. The minimum Gasteiger partial charge on any atom is -0.497 e. The summed E-state index contributed by atoms with van der Waals surface area (Å²) in [5.74, 6) is 0.583. The highest BCUT2D eigenvalue weighted by Crippen LogP contribution is 2.22. The van der Waals surface area contributed by atoms with Crippen LogP contribution < -0.4 is 15.4 Å². The third-order valence-corrected chi connectivity index (χ3v) is 4.61. The van der Waals surface area contributed by atoms with Crippen molar-refractivity contribution in [1.82, 2.24) is 5.32 Å². The molecule has 0 unspecified atom stereocenters. The zero-order chi connectivity index (χ0) is 19.1. The van der Waals surface area contributed by atoms with Gasteiger partial charge in [-0.3, -0.25) is 10.1 Å². The van der Waals surface area contributed by atoms with E-state index in [2.05, 4.69) is 10.6 Å². The Hall–Kier alpha value is -3.02. The number of rotatable bonds is 5. The van der Waals surface area contributed by atoms with E-state index in [0.29, 0.717) is 23.4 Å². The van der Waals surface area contributed by atoms with Crippen LogP contribution in [0.1, 0.15) is 36.0 Å². The standard InChI is InChI=1S/C21H24N2O4/c1-26-18-12-10-15(11-13-18)20(24)22-17-8-5-9-19(14-17)27-21(25)23-16-6-3-2-4-7-16/h2-4,6-7,10-13,17,19H,5,8-9,14H2,1H3,(H,22,24)(H,23,25)/t17-,19-/m1/s1. The number of nitrogens with one attached hydrogen (secondary N) is 2. The number of carbonyl (C=O) groups excluding carboxylic acids is 2. The van der Waals surface area contributed by atoms with Crippen LogP contribution in [0, 0.1) is 0 Å². The molecule has 2 N–H and O–H groups in total. The lowest BCUT2D eigenvalue weighted by atomic mass is 9.92. The Morgan fingerprint density at radius 1 is 1.00 bits per heavy atom. The van der Waals surface area contributed by atoms with Crippen LogP contribution in [0.25, 0.3) is 0 Å². The Labute approximate surface area is 158 Å². The van der Waals surface area contributed by atoms with Crippen molar-refractivity contribution in [2.24, 2.45) is 0 Å². The molecule has 2 amide bonds. The predicted molar refractivity (Wildman–Crippen MR) is 103 cm³/mol. The van der Waals surface area contributed by atoms with E-state index in [0.717, 1.165) is 19.3 Å². The van der Waals surface area contributed by atoms with E-state index >= 15 is 0 Å². The second-order valence-electron chi connectivity index (χ2n) is 6.58. The van der Waals surface area contributed by atoms with Gasteiger partial charge in [-0.25, -0.2) is 4.79 Å². The zero-order valence-corrected chi connectivity index (χ0v) is 15.3. The van der Waals surface area contributed by atoms with Crippen molar-refractivity contribution in [2.45, 2.75) is 37.8 Å². The Morgan fingerprint density at radius 3 is 2.44 bits per heavy atom. The fraction of sp³-hybridized carbons (Fsp3) is 0.333. The topological polar surface area (TPSA) is 76.7 Å². The fourth-order valence-electron chi connectivity index (χ4n) is 3.21. The number of amides is 2. The van der Waals surface area contributed by atoms with E-state index in [1.165, 1.54) is 0 Å². The highest BCUT2D eigenvalue weighted by molar-refractivity contribution is 5.94. The Balaban J connectivity index is 1.49. The van der Waals surface area contributed by atoms with Crippen LogP contribution in [-0.4, -0.2) is 31.3 Å². The first-order chi connectivity index (χ1) is 13.1. The SMILES string of the molecule is COc1ccc(C(=O)N[C@@H]2CCC[C@@H](OC(=O)Nc3ccccc3)C2)cc1. The molecular formula is C21H24N2O4. The summed E-state index contributed by atoms with van der Waals surface area (Å²) in [5, 5.41) is 5.76. The maximum absolute atomic E-state index is 12.4. The van der Waals surface area contributed by atoms with Crippen molar-refractivity contribution in [1.29, 1.82) is 0 Å². The molecule has 6 heteroatoms. The van der Waals surface area contributed by atoms with E-state index in [9.17, 15) is 9.59 Å². The van der Waals surface area contributed by atoms with Gasteiger partial charge in [0, 0.05) is 23.7 Å². The molecule has 1 aliphatic carbocycles. The normalized spacial score (nSPS) is 19.0. The van der Waals surface area contributed by atoms with Crippen molar-refractivity contribution in [3.8, 4) is 5.75 Å². The summed E-state index contributed by atoms with van der Waals surface area (Å²) >= 11 is 0. The second kappa shape index (κ2) is 9.07. The summed E-state index contributed by atoms with van der Waals surface area (Å²) in [7, 11) is 1.59. The Kier molecular flexibility index (Phi) is 6.30. The summed E-state index contributed by atoms with van der Waals surface area (Å²) in [6, 6.07) is 16.2. The summed E-state index contributed by atoms with van der Waals surface area (Å²) in [6.45, 7) is 0. The van der Waals surface area contributed by atoms with Crippen LogP contribution in [-0.2, 0) is 4.74 Å². The van der Waals surface area contributed by atoms with Crippen molar-refractivity contribution >= 4 is 17.7 Å². The minimum absolute atomic E-state index is 0.0112. The molecule has 1 saturated carbocycles. The van der Waals surface area contributed by atoms with Crippen LogP contribution in [0.5, 0.6) is 5.75 Å². The van der Waals surface area contributed by atoms with Crippen LogP contribution in [0.3, 0.4) is 0 Å². The first kappa shape index (κ1) is 18.8. The number of anilines is 1. The Bertz CT molecular complexity index is 762. The van der Waals surface area contributed by atoms with Crippen LogP contribution in [0.15, 0.2) is 54.6 Å². The summed E-state index contributed by atoms with van der Waals surface area (Å²) in [4.78, 5) is 24.5. The molecule has 2 aromatic rings. The molecular weight excluding hydrogens is 344 g/mol. The fourth-order valence-corrected chi connectivity index (χ4v) is 3.21. The molecule has 27 heavy (non-hydrogen) atoms. The van der Waals surface area contributed by atoms with E-state index in [1.807, 2.05) is 18.2 Å². The smallest absolute Gasteiger partial charge is 0.411 e. The van der Waals surface area contributed by atoms with Gasteiger partial charge in [0.25, 0.3) is 5.91 Å². The monoisotopic (exact) mass is 368 g/mol. The number of hydrogen-bond donors (Lipinski definition) is 2. The van der Waals surface area contributed by atoms with Gasteiger partial charge < -0.3 is 14.8 Å². The number of carbonyl (C=O) groups is 2. The quantitative estimate of drug-likeness (QED) is 0.837. The van der Waals surface area contributed by atoms with E-state index in [1.54, 1.807) is 43.5 Å². The molecule has 2 aromatic carbocycles. The summed E-state index contributed by atoms with van der Waals surface area (Å²) < 4.78 is 10.6. The third kappa shape index (κ3) is 5.48. The minimum atomic E-state index is -0.465. The van der Waals surface area contributed by atoms with E-state index in [4.69, 9.17) is 9.47 Å². The molecule has 1 fully saturated rings. The molecule has 0 spiro atoms. The molecule has 142 valence electrons. The number of hydrogen-bond acceptors (Lipinski definition) is 4. The van der Waals surface area contributed by atoms with Gasteiger partial charge in [-0.15, -0.1) is 0 Å². The maximum Gasteiger partial charge on any atom is 0.411 e. The lowest BCUT2D eigenvalue weighted by Crippen LogP contribution is -2.41. The van der Waals surface area contributed by atoms with Gasteiger partial charge in [-0.1, -0.05) is 18.2 Å². The van der Waals surface area contributed by atoms with Crippen molar-refractivity contribution in [2.75, 3.05) is 12.4 Å². The molecule has 0 radical (unpaired) electrons. The van der Waals surface area contributed by atoms with Crippen LogP contribution >= 0.6 is 0 Å². The van der Waals surface area contributed by atoms with E-state index in [-0.39, 0.29) is 18.1 Å². The highest BCUT2D eigenvalue weighted by atomic mass is 16.6. The van der Waals surface area contributed by atoms with Crippen molar-refractivity contribution in [3.63, 3.8) is 0 Å². The summed E-state index contributed by atoms with van der Waals surface area (Å²) in [6.07, 6.45) is 2.53. The molecule has 0 saturated heterocycles. The average molecular weight is 368 g/mol. The molecule has 2 atom stereocenters. The molecule has 6 nitrogen and oxygen atoms in total. The van der Waals surface area contributed by atoms with Gasteiger partial charge in [-0.05, 0) is 55.7 Å². The van der Waals surface area contributed by atoms with Crippen molar-refractivity contribution < 1.29 is 19.1 Å². The first-order valence-electron chi connectivity index (χ1n) is 9.11. The van der Waals surface area contributed by atoms with Gasteiger partial charge in [0.1, 0.15) is 11.9 Å². The maximum atomic E-state index is 12.4. The molecule has 0 bridgehead atoms. The number of ether oxygens (including phenoxy) is 2. The largest absolute Gasteiger partial charge is 0.497 e. The lowest BCUT2D eigenvalue weighted by Gasteiger charge is -2.29. The van der Waals surface area contributed by atoms with Gasteiger partial charge in [0.15, 0.2) is 0 Å². The van der Waals surface area contributed by atoms with Gasteiger partial charge in [-0.2, -0.15) is 0 Å². The molecule has 0 aliphatic heterocycles. The number of methoxy groups -OCH3 is 1. The third-order valence-electron chi connectivity index (χ3n) is 4.61. The molecule has 0 aromatic heterocycles. The molecule has 0 heterocycles. The number of benzene rings is 2. The molecule has 3 rings (SSSR count). The lowest BCUT2D eigenvalue weighted by molar-refractivity contribution is 0.0712. The van der Waals surface area contributed by atoms with Gasteiger partial charge in [0.2, 0.25) is 0 Å². The predicted octanol–water partition coefficient (Wildman–Crippen LogP) is 3.98. The van der Waals surface area contributed by atoms with Gasteiger partial charge in [0.05, 0.1) is 7.11 Å². The second-order valence-corrected chi connectivity index (χ2v) is 6.58. The van der Waals surface area contributed by atoms with Crippen molar-refractivity contribution in [3.05, 3.63) is 60.2 Å². The Morgan fingerprint density at radius 2 is 1.74 bits per heavy atom. The van der Waals surface area contributed by atoms with Crippen LogP contribution in [0.4, 0.5) is 10.5 Å². The molecule has 1 aliphatic rings. The van der Waals surface area contributed by atoms with E-state index < -0.39 is 6.09 Å². The average Bonchev–Trinajstić information content (AvgIpc) is 2.69. The first-order valence-corrected chi connectivity index (χ1v) is 9.11. The zero-order valence-electron chi connectivity index (χ0n) is 15.3.